The topological polar surface area (TPSA) is 87.7 Å². The van der Waals surface area contributed by atoms with Crippen molar-refractivity contribution in [2.24, 2.45) is 0 Å². The standard InChI is InChI=1S/C12H8O5/c13-8-2-3-9-10(5-8)17-6-7(12(9)16)1-4-11(14)15/h1-6,13H,(H,14,15)/b4-1+. The molecule has 0 aliphatic heterocycles. The first-order valence-corrected chi connectivity index (χ1v) is 4.73. The van der Waals surface area contributed by atoms with E-state index in [1.807, 2.05) is 0 Å². The van der Waals surface area contributed by atoms with Crippen molar-refractivity contribution in [2.75, 3.05) is 0 Å². The second-order valence-electron chi connectivity index (χ2n) is 3.37. The van der Waals surface area contributed by atoms with Gasteiger partial charge in [0, 0.05) is 12.1 Å². The van der Waals surface area contributed by atoms with Gasteiger partial charge in [-0.05, 0) is 18.2 Å². The van der Waals surface area contributed by atoms with Crippen molar-refractivity contribution in [1.29, 1.82) is 0 Å². The number of carboxylic acid groups (broad SMARTS) is 1. The molecule has 0 unspecified atom stereocenters. The third-order valence-electron chi connectivity index (χ3n) is 2.19. The molecule has 1 aromatic carbocycles. The number of carboxylic acids is 1. The van der Waals surface area contributed by atoms with Crippen LogP contribution in [0.4, 0.5) is 0 Å². The molecule has 2 aromatic rings. The summed E-state index contributed by atoms with van der Waals surface area (Å²) in [6, 6.07) is 4.11. The third kappa shape index (κ3) is 2.17. The van der Waals surface area contributed by atoms with Crippen LogP contribution in [0.5, 0.6) is 5.75 Å². The Kier molecular flexibility index (Phi) is 2.66. The molecular formula is C12H8O5. The number of phenols is 1. The van der Waals surface area contributed by atoms with Gasteiger partial charge in [0.05, 0.1) is 10.9 Å². The molecule has 1 heterocycles. The van der Waals surface area contributed by atoms with Crippen molar-refractivity contribution in [3.05, 3.63) is 46.3 Å². The Balaban J connectivity index is 2.62. The number of aromatic hydroxyl groups is 1. The SMILES string of the molecule is O=C(O)/C=C/c1coc2cc(O)ccc2c1=O. The van der Waals surface area contributed by atoms with Crippen LogP contribution in [0.1, 0.15) is 5.56 Å². The van der Waals surface area contributed by atoms with Crippen molar-refractivity contribution >= 4 is 23.0 Å². The van der Waals surface area contributed by atoms with E-state index in [2.05, 4.69) is 0 Å². The highest BCUT2D eigenvalue weighted by Gasteiger charge is 2.05. The number of hydrogen-bond acceptors (Lipinski definition) is 4. The Morgan fingerprint density at radius 1 is 1.35 bits per heavy atom. The molecule has 0 saturated heterocycles. The van der Waals surface area contributed by atoms with Gasteiger partial charge in [0.2, 0.25) is 0 Å². The molecule has 0 aliphatic rings. The van der Waals surface area contributed by atoms with Gasteiger partial charge in [-0.25, -0.2) is 4.79 Å². The van der Waals surface area contributed by atoms with Crippen molar-refractivity contribution < 1.29 is 19.4 Å². The summed E-state index contributed by atoms with van der Waals surface area (Å²) in [5.41, 5.74) is 0.0526. The summed E-state index contributed by atoms with van der Waals surface area (Å²) in [4.78, 5) is 22.2. The van der Waals surface area contributed by atoms with Gasteiger partial charge in [-0.1, -0.05) is 0 Å². The van der Waals surface area contributed by atoms with Gasteiger partial charge in [0.15, 0.2) is 5.43 Å². The van der Waals surface area contributed by atoms with E-state index in [0.29, 0.717) is 0 Å². The van der Waals surface area contributed by atoms with Gasteiger partial charge in [-0.3, -0.25) is 4.79 Å². The number of phenolic OH excluding ortho intramolecular Hbond substituents is 1. The van der Waals surface area contributed by atoms with E-state index in [-0.39, 0.29) is 27.7 Å². The molecule has 0 bridgehead atoms. The fourth-order valence-electron chi connectivity index (χ4n) is 1.41. The maximum atomic E-state index is 11.9. The van der Waals surface area contributed by atoms with Gasteiger partial charge in [0.25, 0.3) is 0 Å². The second-order valence-corrected chi connectivity index (χ2v) is 3.37. The number of benzene rings is 1. The van der Waals surface area contributed by atoms with E-state index < -0.39 is 5.97 Å². The molecule has 0 radical (unpaired) electrons. The van der Waals surface area contributed by atoms with Crippen molar-refractivity contribution in [1.82, 2.24) is 0 Å². The minimum atomic E-state index is -1.14. The minimum absolute atomic E-state index is 0.00511. The average Bonchev–Trinajstić information content (AvgIpc) is 2.27. The number of rotatable bonds is 2. The lowest BCUT2D eigenvalue weighted by Crippen LogP contribution is -2.04. The smallest absolute Gasteiger partial charge is 0.328 e. The van der Waals surface area contributed by atoms with Crippen LogP contribution in [0.3, 0.4) is 0 Å². The molecule has 86 valence electrons. The maximum Gasteiger partial charge on any atom is 0.328 e. The highest BCUT2D eigenvalue weighted by atomic mass is 16.4. The molecular weight excluding hydrogens is 224 g/mol. The fraction of sp³-hybridized carbons (Fsp3) is 0. The summed E-state index contributed by atoms with van der Waals surface area (Å²) in [6.45, 7) is 0. The van der Waals surface area contributed by atoms with Crippen LogP contribution in [0.25, 0.3) is 17.0 Å². The van der Waals surface area contributed by atoms with E-state index >= 15 is 0 Å². The summed E-state index contributed by atoms with van der Waals surface area (Å²) in [6.07, 6.45) is 3.18. The van der Waals surface area contributed by atoms with Crippen molar-refractivity contribution in [3.8, 4) is 5.75 Å². The Bertz CT molecular complexity index is 666. The van der Waals surface area contributed by atoms with Crippen LogP contribution < -0.4 is 5.43 Å². The molecule has 0 atom stereocenters. The van der Waals surface area contributed by atoms with E-state index in [1.165, 1.54) is 24.3 Å². The van der Waals surface area contributed by atoms with Crippen LogP contribution in [0.2, 0.25) is 0 Å². The first kappa shape index (κ1) is 10.9. The summed E-state index contributed by atoms with van der Waals surface area (Å²) in [5.74, 6) is -1.15. The molecule has 2 rings (SSSR count). The van der Waals surface area contributed by atoms with Crippen LogP contribution in [0.15, 0.2) is 39.7 Å². The molecule has 5 heteroatoms. The van der Waals surface area contributed by atoms with Crippen LogP contribution in [-0.2, 0) is 4.79 Å². The van der Waals surface area contributed by atoms with Gasteiger partial charge in [-0.2, -0.15) is 0 Å². The first-order chi connectivity index (χ1) is 8.08. The van der Waals surface area contributed by atoms with Gasteiger partial charge >= 0.3 is 5.97 Å². The Labute approximate surface area is 95.2 Å². The largest absolute Gasteiger partial charge is 0.508 e. The highest BCUT2D eigenvalue weighted by Crippen LogP contribution is 2.17. The Morgan fingerprint density at radius 2 is 2.12 bits per heavy atom. The molecule has 2 N–H and O–H groups in total. The predicted molar refractivity (Wildman–Crippen MR) is 60.8 cm³/mol. The summed E-state index contributed by atoms with van der Waals surface area (Å²) in [7, 11) is 0. The molecule has 17 heavy (non-hydrogen) atoms. The van der Waals surface area contributed by atoms with E-state index in [9.17, 15) is 14.7 Å². The lowest BCUT2D eigenvalue weighted by Gasteiger charge is -1.98. The number of fused-ring (bicyclic) bond motifs is 1. The molecule has 0 saturated carbocycles. The van der Waals surface area contributed by atoms with Crippen LogP contribution in [-0.4, -0.2) is 16.2 Å². The molecule has 1 aromatic heterocycles. The quantitative estimate of drug-likeness (QED) is 0.768. The van der Waals surface area contributed by atoms with Gasteiger partial charge in [-0.15, -0.1) is 0 Å². The number of aliphatic carboxylic acids is 1. The monoisotopic (exact) mass is 232 g/mol. The average molecular weight is 232 g/mol. The number of carbonyl (C=O) groups is 1. The van der Waals surface area contributed by atoms with Crippen molar-refractivity contribution in [3.63, 3.8) is 0 Å². The van der Waals surface area contributed by atoms with Crippen LogP contribution in [0, 0.1) is 0 Å². The number of hydrogen-bond donors (Lipinski definition) is 2. The van der Waals surface area contributed by atoms with Gasteiger partial charge < -0.3 is 14.6 Å². The third-order valence-corrected chi connectivity index (χ3v) is 2.19. The summed E-state index contributed by atoms with van der Waals surface area (Å²) >= 11 is 0. The summed E-state index contributed by atoms with van der Waals surface area (Å²) < 4.78 is 5.13. The molecule has 0 fully saturated rings. The fourth-order valence-corrected chi connectivity index (χ4v) is 1.41. The minimum Gasteiger partial charge on any atom is -0.508 e. The first-order valence-electron chi connectivity index (χ1n) is 4.73. The van der Waals surface area contributed by atoms with Crippen molar-refractivity contribution in [2.45, 2.75) is 0 Å². The predicted octanol–water partition coefficient (Wildman–Crippen LogP) is 1.60. The Hall–Kier alpha value is -2.56. The molecule has 0 amide bonds. The summed E-state index contributed by atoms with van der Waals surface area (Å²) in [5, 5.41) is 18.0. The molecule has 0 aliphatic carbocycles. The zero-order chi connectivity index (χ0) is 12.4. The lowest BCUT2D eigenvalue weighted by molar-refractivity contribution is -0.131. The van der Waals surface area contributed by atoms with E-state index in [0.717, 1.165) is 12.3 Å². The van der Waals surface area contributed by atoms with Crippen LogP contribution >= 0.6 is 0 Å². The zero-order valence-corrected chi connectivity index (χ0v) is 8.58. The molecule has 5 nitrogen and oxygen atoms in total. The Morgan fingerprint density at radius 3 is 2.82 bits per heavy atom. The van der Waals surface area contributed by atoms with E-state index in [1.54, 1.807) is 0 Å². The molecule has 0 spiro atoms. The highest BCUT2D eigenvalue weighted by molar-refractivity contribution is 5.86. The lowest BCUT2D eigenvalue weighted by atomic mass is 10.1. The zero-order valence-electron chi connectivity index (χ0n) is 8.58. The second kappa shape index (κ2) is 4.13. The van der Waals surface area contributed by atoms with Gasteiger partial charge in [0.1, 0.15) is 17.6 Å². The maximum absolute atomic E-state index is 11.9. The normalized spacial score (nSPS) is 11.1. The van der Waals surface area contributed by atoms with E-state index in [4.69, 9.17) is 9.52 Å².